The Kier molecular flexibility index (Phi) is 10.8. The van der Waals surface area contributed by atoms with Gasteiger partial charge in [0, 0.05) is 24.6 Å². The van der Waals surface area contributed by atoms with Crippen LogP contribution in [0, 0.1) is 11.8 Å². The monoisotopic (exact) mass is 669 g/mol. The van der Waals surface area contributed by atoms with Gasteiger partial charge in [-0.3, -0.25) is 14.4 Å². The van der Waals surface area contributed by atoms with Gasteiger partial charge in [-0.2, -0.15) is 0 Å². The van der Waals surface area contributed by atoms with Crippen molar-refractivity contribution in [2.75, 3.05) is 32.0 Å². The van der Waals surface area contributed by atoms with Crippen LogP contribution in [0.1, 0.15) is 70.5 Å². The highest BCUT2D eigenvalue weighted by molar-refractivity contribution is 5.98. The minimum absolute atomic E-state index is 0.110. The van der Waals surface area contributed by atoms with Gasteiger partial charge in [0.05, 0.1) is 44.1 Å². The Labute approximate surface area is 287 Å². The van der Waals surface area contributed by atoms with Gasteiger partial charge in [0.2, 0.25) is 23.0 Å². The SMILES string of the molecule is CC[C@H](C)[C@H](Nc1ccc2c(cc1=O)[C@H](NC(C)=O)CCc1cc(OC)c(OC)c(OC)c1-2)C(=O)Nc1ccc2nc(CC(C)C)[nH]c2c1. The van der Waals surface area contributed by atoms with E-state index in [1.54, 1.807) is 33.5 Å². The maximum Gasteiger partial charge on any atom is 0.247 e. The van der Waals surface area contributed by atoms with Gasteiger partial charge in [0.25, 0.3) is 0 Å². The fourth-order valence-corrected chi connectivity index (χ4v) is 6.54. The van der Waals surface area contributed by atoms with E-state index in [4.69, 9.17) is 14.2 Å². The largest absolute Gasteiger partial charge is 0.493 e. The molecule has 11 heteroatoms. The highest BCUT2D eigenvalue weighted by atomic mass is 16.5. The number of fused-ring (bicyclic) bond motifs is 4. The minimum atomic E-state index is -0.716. The summed E-state index contributed by atoms with van der Waals surface area (Å²) >= 11 is 0. The number of carbonyl (C=O) groups is 2. The second-order valence-corrected chi connectivity index (χ2v) is 13.1. The molecule has 0 saturated carbocycles. The van der Waals surface area contributed by atoms with E-state index < -0.39 is 12.1 Å². The number of ether oxygens (including phenoxy) is 3. The number of anilines is 2. The zero-order valence-corrected chi connectivity index (χ0v) is 29.6. The molecule has 1 heterocycles. The highest BCUT2D eigenvalue weighted by Gasteiger charge is 2.30. The van der Waals surface area contributed by atoms with E-state index >= 15 is 0 Å². The lowest BCUT2D eigenvalue weighted by molar-refractivity contribution is -0.120. The molecule has 0 bridgehead atoms. The summed E-state index contributed by atoms with van der Waals surface area (Å²) in [4.78, 5) is 48.2. The molecule has 0 spiro atoms. The van der Waals surface area contributed by atoms with Crippen molar-refractivity contribution in [2.24, 2.45) is 11.8 Å². The number of imidazole rings is 1. The summed E-state index contributed by atoms with van der Waals surface area (Å²) in [6.07, 6.45) is 2.66. The fourth-order valence-electron chi connectivity index (χ4n) is 6.54. The van der Waals surface area contributed by atoms with Crippen LogP contribution in [-0.4, -0.2) is 49.2 Å². The molecule has 1 aromatic heterocycles. The summed E-state index contributed by atoms with van der Waals surface area (Å²) in [5, 5.41) is 9.36. The Morgan fingerprint density at radius 3 is 2.41 bits per heavy atom. The molecule has 5 rings (SSSR count). The minimum Gasteiger partial charge on any atom is -0.493 e. The van der Waals surface area contributed by atoms with Gasteiger partial charge in [-0.15, -0.1) is 0 Å². The average Bonchev–Trinajstić information content (AvgIpc) is 3.31. The number of carbonyl (C=O) groups excluding carboxylic acids is 2. The number of aromatic amines is 1. The lowest BCUT2D eigenvalue weighted by Gasteiger charge is -2.24. The van der Waals surface area contributed by atoms with E-state index in [2.05, 4.69) is 39.8 Å². The topological polar surface area (TPSA) is 144 Å². The van der Waals surface area contributed by atoms with Gasteiger partial charge in [-0.1, -0.05) is 40.2 Å². The number of H-pyrrole nitrogens is 1. The lowest BCUT2D eigenvalue weighted by Crippen LogP contribution is -2.40. The van der Waals surface area contributed by atoms with Crippen LogP contribution < -0.4 is 35.6 Å². The van der Waals surface area contributed by atoms with Crippen molar-refractivity contribution < 1.29 is 23.8 Å². The molecule has 49 heavy (non-hydrogen) atoms. The molecule has 2 amide bonds. The summed E-state index contributed by atoms with van der Waals surface area (Å²) in [7, 11) is 4.68. The van der Waals surface area contributed by atoms with Crippen LogP contribution >= 0.6 is 0 Å². The molecular formula is C38H47N5O6. The Bertz CT molecular complexity index is 1920. The van der Waals surface area contributed by atoms with Gasteiger partial charge < -0.3 is 35.1 Å². The third kappa shape index (κ3) is 7.50. The molecule has 4 aromatic rings. The number of hydrogen-bond donors (Lipinski definition) is 4. The quantitative estimate of drug-likeness (QED) is 0.136. The maximum absolute atomic E-state index is 14.0. The number of benzene rings is 2. The average molecular weight is 670 g/mol. The van der Waals surface area contributed by atoms with Crippen LogP contribution in [-0.2, 0) is 22.4 Å². The maximum atomic E-state index is 14.0. The van der Waals surface area contributed by atoms with Crippen molar-refractivity contribution in [3.05, 3.63) is 69.6 Å². The Morgan fingerprint density at radius 1 is 1.00 bits per heavy atom. The Morgan fingerprint density at radius 2 is 1.76 bits per heavy atom. The number of rotatable bonds is 12. The standard InChI is InChI=1S/C38H47N5O6/c1-9-21(4)35(38(46)40-24-11-14-28-30(18-24)42-33(41-28)16-20(2)3)43-29-15-12-25-26(19-31(29)45)27(39-22(5)44)13-10-23-17-32(47-6)36(48-7)37(49-8)34(23)25/h11-12,14-15,17-21,27,35H,9-10,13,16H2,1-8H3,(H,39,44)(H,40,46)(H,41,42)(H,43,45)/t21-,27+,35-/m0/s1. The van der Waals surface area contributed by atoms with Gasteiger partial charge in [0.1, 0.15) is 11.9 Å². The van der Waals surface area contributed by atoms with Crippen molar-refractivity contribution in [3.8, 4) is 28.4 Å². The summed E-state index contributed by atoms with van der Waals surface area (Å²) < 4.78 is 17.2. The van der Waals surface area contributed by atoms with E-state index in [-0.39, 0.29) is 28.8 Å². The van der Waals surface area contributed by atoms with Crippen LogP contribution in [0.4, 0.5) is 11.4 Å². The molecule has 0 saturated heterocycles. The zero-order chi connectivity index (χ0) is 35.4. The molecule has 3 atom stereocenters. The molecule has 0 fully saturated rings. The van der Waals surface area contributed by atoms with E-state index in [1.807, 2.05) is 44.2 Å². The summed E-state index contributed by atoms with van der Waals surface area (Å²) in [6.45, 7) is 9.73. The predicted molar refractivity (Wildman–Crippen MR) is 193 cm³/mol. The highest BCUT2D eigenvalue weighted by Crippen LogP contribution is 2.50. The molecule has 4 N–H and O–H groups in total. The summed E-state index contributed by atoms with van der Waals surface area (Å²) in [5.41, 5.74) is 5.31. The van der Waals surface area contributed by atoms with Crippen LogP contribution in [0.5, 0.6) is 17.2 Å². The van der Waals surface area contributed by atoms with E-state index in [9.17, 15) is 14.4 Å². The van der Waals surface area contributed by atoms with Crippen molar-refractivity contribution in [2.45, 2.75) is 72.4 Å². The number of hydrogen-bond acceptors (Lipinski definition) is 8. The van der Waals surface area contributed by atoms with Crippen LogP contribution in [0.25, 0.3) is 22.2 Å². The van der Waals surface area contributed by atoms with Gasteiger partial charge in [-0.25, -0.2) is 4.98 Å². The zero-order valence-electron chi connectivity index (χ0n) is 29.6. The van der Waals surface area contributed by atoms with E-state index in [0.717, 1.165) is 34.4 Å². The van der Waals surface area contributed by atoms with Gasteiger partial charge >= 0.3 is 0 Å². The van der Waals surface area contributed by atoms with E-state index in [0.29, 0.717) is 59.2 Å². The van der Waals surface area contributed by atoms with Crippen LogP contribution in [0.3, 0.4) is 0 Å². The summed E-state index contributed by atoms with van der Waals surface area (Å²) in [5.74, 6) is 2.21. The van der Waals surface area contributed by atoms with Crippen molar-refractivity contribution in [1.29, 1.82) is 0 Å². The second-order valence-electron chi connectivity index (χ2n) is 13.1. The first kappa shape index (κ1) is 35.3. The molecule has 0 unspecified atom stereocenters. The van der Waals surface area contributed by atoms with Crippen molar-refractivity contribution in [3.63, 3.8) is 0 Å². The first-order valence-electron chi connectivity index (χ1n) is 16.8. The van der Waals surface area contributed by atoms with Crippen LogP contribution in [0.2, 0.25) is 0 Å². The second kappa shape index (κ2) is 15.0. The normalized spacial score (nSPS) is 15.0. The molecule has 0 radical (unpaired) electrons. The Balaban J connectivity index is 1.55. The first-order valence-corrected chi connectivity index (χ1v) is 16.8. The van der Waals surface area contributed by atoms with Gasteiger partial charge in [0.15, 0.2) is 11.5 Å². The van der Waals surface area contributed by atoms with E-state index in [1.165, 1.54) is 6.92 Å². The molecular weight excluding hydrogens is 622 g/mol. The molecule has 0 aliphatic heterocycles. The number of aryl methyl sites for hydroxylation is 1. The fraction of sp³-hybridized carbons (Fsp3) is 0.421. The molecule has 260 valence electrons. The summed E-state index contributed by atoms with van der Waals surface area (Å²) in [6, 6.07) is 11.5. The van der Waals surface area contributed by atoms with Gasteiger partial charge in [-0.05, 0) is 77.8 Å². The molecule has 11 nitrogen and oxygen atoms in total. The third-order valence-corrected chi connectivity index (χ3v) is 9.12. The number of aromatic nitrogens is 2. The smallest absolute Gasteiger partial charge is 0.247 e. The molecule has 1 aliphatic carbocycles. The lowest BCUT2D eigenvalue weighted by atomic mass is 9.95. The van der Waals surface area contributed by atoms with Crippen molar-refractivity contribution >= 4 is 34.2 Å². The number of methoxy groups -OCH3 is 3. The number of nitrogens with zero attached hydrogens (tertiary/aromatic N) is 1. The number of amides is 2. The third-order valence-electron chi connectivity index (χ3n) is 9.12. The number of nitrogens with one attached hydrogen (secondary N) is 4. The van der Waals surface area contributed by atoms with Crippen molar-refractivity contribution in [1.82, 2.24) is 15.3 Å². The predicted octanol–water partition coefficient (Wildman–Crippen LogP) is 6.40. The molecule has 3 aromatic carbocycles. The Hall–Kier alpha value is -5.06. The molecule has 1 aliphatic rings. The van der Waals surface area contributed by atoms with Crippen LogP contribution in [0.15, 0.2) is 47.3 Å². The first-order chi connectivity index (χ1) is 23.5.